The van der Waals surface area contributed by atoms with Crippen molar-refractivity contribution in [3.63, 3.8) is 0 Å². The molecule has 0 N–H and O–H groups in total. The molecule has 0 aromatic carbocycles. The minimum atomic E-state index is 0. The monoisotopic (exact) mass is 330 g/mol. The largest absolute Gasteiger partial charge is 0.662 e. The molecule has 2 aliphatic heterocycles. The van der Waals surface area contributed by atoms with E-state index >= 15 is 0 Å². The van der Waals surface area contributed by atoms with E-state index in [1.54, 1.807) is 0 Å². The van der Waals surface area contributed by atoms with Gasteiger partial charge in [-0.05, 0) is 0 Å². The van der Waals surface area contributed by atoms with Crippen molar-refractivity contribution in [2.24, 2.45) is 0 Å². The molecule has 14 heavy (non-hydrogen) atoms. The molecule has 0 atom stereocenters. The van der Waals surface area contributed by atoms with Crippen LogP contribution in [-0.2, 0) is 0 Å². The fraction of sp³-hybridized carbons (Fsp3) is 1.00. The van der Waals surface area contributed by atoms with Gasteiger partial charge in [-0.3, -0.25) is 4.70 Å². The second-order valence-corrected chi connectivity index (χ2v) is 3.46. The summed E-state index contributed by atoms with van der Waals surface area (Å²) >= 11 is 0. The van der Waals surface area contributed by atoms with Gasteiger partial charge in [0.25, 0.3) is 0 Å². The molecule has 2 saturated heterocycles. The molecule has 2 aliphatic rings. The van der Waals surface area contributed by atoms with Gasteiger partial charge in [-0.1, -0.05) is 38.5 Å². The van der Waals surface area contributed by atoms with Crippen LogP contribution in [-0.4, -0.2) is 26.2 Å². The van der Waals surface area contributed by atoms with Gasteiger partial charge in [-0.2, -0.15) is 0 Å². The SMILES string of the molecule is C1CC[N-]CC1.C1CC[N-]CC1.F.[Nd]. The van der Waals surface area contributed by atoms with E-state index in [0.717, 1.165) is 26.2 Å². The molecule has 0 aromatic rings. The Bertz CT molecular complexity index is 61.1. The summed E-state index contributed by atoms with van der Waals surface area (Å²) in [5, 5.41) is 8.35. The van der Waals surface area contributed by atoms with E-state index in [1.165, 1.54) is 38.5 Å². The molecule has 2 rings (SSSR count). The third kappa shape index (κ3) is 11.3. The first kappa shape index (κ1) is 17.6. The Morgan fingerprint density at radius 2 is 0.786 bits per heavy atom. The summed E-state index contributed by atoms with van der Waals surface area (Å²) in [5.41, 5.74) is 0. The summed E-state index contributed by atoms with van der Waals surface area (Å²) in [7, 11) is 0. The number of piperidine rings is 2. The molecule has 0 aliphatic carbocycles. The number of hydrogen-bond acceptors (Lipinski definition) is 0. The molecule has 0 amide bonds. The van der Waals surface area contributed by atoms with E-state index in [4.69, 9.17) is 0 Å². The first-order valence-corrected chi connectivity index (χ1v) is 5.26. The van der Waals surface area contributed by atoms with Gasteiger partial charge in [0.1, 0.15) is 0 Å². The van der Waals surface area contributed by atoms with E-state index in [9.17, 15) is 0 Å². The molecule has 2 heterocycles. The van der Waals surface area contributed by atoms with Crippen molar-refractivity contribution >= 4 is 0 Å². The molecule has 4 heteroatoms. The topological polar surface area (TPSA) is 28.2 Å². The van der Waals surface area contributed by atoms with Gasteiger partial charge >= 0.3 is 0 Å². The molecule has 2 fully saturated rings. The number of hydrogen-bond donors (Lipinski definition) is 0. The number of rotatable bonds is 0. The fourth-order valence-electron chi connectivity index (χ4n) is 1.47. The Morgan fingerprint density at radius 1 is 0.500 bits per heavy atom. The molecule has 0 saturated carbocycles. The van der Waals surface area contributed by atoms with Crippen molar-refractivity contribution in [1.29, 1.82) is 0 Å². The van der Waals surface area contributed by atoms with Crippen LogP contribution in [0.5, 0.6) is 0 Å². The molecule has 0 bridgehead atoms. The zero-order valence-corrected chi connectivity index (χ0v) is 12.1. The average Bonchev–Trinajstić information content (AvgIpc) is 2.24. The first-order chi connectivity index (χ1) is 6.00. The van der Waals surface area contributed by atoms with Crippen LogP contribution >= 0.6 is 0 Å². The molecular formula is C10H21FN2Nd-2. The summed E-state index contributed by atoms with van der Waals surface area (Å²) in [5.74, 6) is 0. The molecule has 84 valence electrons. The van der Waals surface area contributed by atoms with Crippen molar-refractivity contribution in [2.45, 2.75) is 38.5 Å². The summed E-state index contributed by atoms with van der Waals surface area (Å²) in [4.78, 5) is 0. The Kier molecular flexibility index (Phi) is 17.8. The van der Waals surface area contributed by atoms with Crippen molar-refractivity contribution in [3.05, 3.63) is 10.6 Å². The predicted molar refractivity (Wildman–Crippen MR) is 56.4 cm³/mol. The molecule has 0 aromatic heterocycles. The van der Waals surface area contributed by atoms with Crippen LogP contribution in [0.1, 0.15) is 38.5 Å². The second-order valence-electron chi connectivity index (χ2n) is 3.46. The summed E-state index contributed by atoms with van der Waals surface area (Å²) in [6.07, 6.45) is 8.15. The van der Waals surface area contributed by atoms with Gasteiger partial charge in [0.2, 0.25) is 0 Å². The van der Waals surface area contributed by atoms with Gasteiger partial charge in [-0.25, -0.2) is 0 Å². The maximum absolute atomic E-state index is 4.18. The van der Waals surface area contributed by atoms with Crippen LogP contribution < -0.4 is 0 Å². The van der Waals surface area contributed by atoms with Crippen molar-refractivity contribution in [3.8, 4) is 0 Å². The van der Waals surface area contributed by atoms with Gasteiger partial charge in [0, 0.05) is 40.8 Å². The average molecular weight is 333 g/mol. The fourth-order valence-corrected chi connectivity index (χ4v) is 1.47. The normalized spacial score (nSPS) is 20.6. The van der Waals surface area contributed by atoms with E-state index in [-0.39, 0.29) is 45.5 Å². The van der Waals surface area contributed by atoms with E-state index in [2.05, 4.69) is 10.6 Å². The minimum absolute atomic E-state index is 0. The Morgan fingerprint density at radius 3 is 0.857 bits per heavy atom. The standard InChI is InChI=1S/2C5H10N.FH.Nd/c2*1-2-4-6-5-3-1;;/h2*1-5H2;1H;/q2*-1;;. The number of halogens is 1. The van der Waals surface area contributed by atoms with Gasteiger partial charge in [0.15, 0.2) is 0 Å². The van der Waals surface area contributed by atoms with E-state index in [1.807, 2.05) is 0 Å². The predicted octanol–water partition coefficient (Wildman–Crippen LogP) is 3.24. The van der Waals surface area contributed by atoms with Gasteiger partial charge in [0.05, 0.1) is 0 Å². The number of nitrogens with zero attached hydrogens (tertiary/aromatic N) is 2. The maximum atomic E-state index is 4.18. The maximum Gasteiger partial charge on any atom is 0 e. The summed E-state index contributed by atoms with van der Waals surface area (Å²) < 4.78 is 0. The molecule has 0 spiro atoms. The van der Waals surface area contributed by atoms with Crippen molar-refractivity contribution in [1.82, 2.24) is 0 Å². The molecular weight excluding hydrogens is 311 g/mol. The minimum Gasteiger partial charge on any atom is -0.662 e. The van der Waals surface area contributed by atoms with Crippen molar-refractivity contribution < 1.29 is 45.5 Å². The van der Waals surface area contributed by atoms with Crippen LogP contribution in [0.3, 0.4) is 0 Å². The summed E-state index contributed by atoms with van der Waals surface area (Å²) in [6, 6.07) is 0. The Hall–Kier alpha value is 1.20. The van der Waals surface area contributed by atoms with E-state index in [0.29, 0.717) is 0 Å². The quantitative estimate of drug-likeness (QED) is 0.651. The van der Waals surface area contributed by atoms with Crippen LogP contribution in [0.15, 0.2) is 0 Å². The molecule has 0 radical (unpaired) electrons. The molecule has 0 unspecified atom stereocenters. The molecule has 2 nitrogen and oxygen atoms in total. The van der Waals surface area contributed by atoms with Gasteiger partial charge in [-0.15, -0.1) is 26.2 Å². The smallest absolute Gasteiger partial charge is 0 e. The Labute approximate surface area is 120 Å². The van der Waals surface area contributed by atoms with Crippen LogP contribution in [0.2, 0.25) is 0 Å². The zero-order chi connectivity index (χ0) is 8.49. The third-order valence-electron chi connectivity index (χ3n) is 2.26. The van der Waals surface area contributed by atoms with Crippen LogP contribution in [0, 0.1) is 40.8 Å². The zero-order valence-electron chi connectivity index (χ0n) is 8.87. The summed E-state index contributed by atoms with van der Waals surface area (Å²) in [6.45, 7) is 4.50. The Balaban J connectivity index is 0. The third-order valence-corrected chi connectivity index (χ3v) is 2.26. The van der Waals surface area contributed by atoms with Crippen molar-refractivity contribution in [2.75, 3.05) is 26.2 Å². The van der Waals surface area contributed by atoms with Crippen LogP contribution in [0.25, 0.3) is 10.6 Å². The first-order valence-electron chi connectivity index (χ1n) is 5.26. The van der Waals surface area contributed by atoms with Crippen LogP contribution in [0.4, 0.5) is 4.70 Å². The van der Waals surface area contributed by atoms with E-state index < -0.39 is 0 Å². The van der Waals surface area contributed by atoms with Gasteiger partial charge < -0.3 is 10.6 Å². The second kappa shape index (κ2) is 14.2.